The zero-order chi connectivity index (χ0) is 12.1. The Balaban J connectivity index is 2.06. The van der Waals surface area contributed by atoms with Gasteiger partial charge in [0.05, 0.1) is 5.69 Å². The summed E-state index contributed by atoms with van der Waals surface area (Å²) in [6.07, 6.45) is 6.76. The SMILES string of the molecule is CNCc1cccc(N(C)C2CCCCC2)n1. The number of hydrogen-bond donors (Lipinski definition) is 1. The van der Waals surface area contributed by atoms with Crippen molar-refractivity contribution in [3.8, 4) is 0 Å². The molecular formula is C14H23N3. The predicted molar refractivity (Wildman–Crippen MR) is 72.3 cm³/mol. The number of hydrogen-bond acceptors (Lipinski definition) is 3. The van der Waals surface area contributed by atoms with E-state index in [0.29, 0.717) is 6.04 Å². The van der Waals surface area contributed by atoms with E-state index in [1.165, 1.54) is 32.1 Å². The molecule has 1 saturated carbocycles. The first-order valence-electron chi connectivity index (χ1n) is 6.64. The average Bonchev–Trinajstić information content (AvgIpc) is 2.40. The van der Waals surface area contributed by atoms with Gasteiger partial charge in [0, 0.05) is 19.6 Å². The van der Waals surface area contributed by atoms with Gasteiger partial charge in [0.25, 0.3) is 0 Å². The van der Waals surface area contributed by atoms with E-state index >= 15 is 0 Å². The predicted octanol–water partition coefficient (Wildman–Crippen LogP) is 2.57. The van der Waals surface area contributed by atoms with Crippen molar-refractivity contribution in [2.75, 3.05) is 19.0 Å². The number of rotatable bonds is 4. The van der Waals surface area contributed by atoms with Crippen LogP contribution in [0.1, 0.15) is 37.8 Å². The molecule has 0 unspecified atom stereocenters. The standard InChI is InChI=1S/C14H23N3/c1-15-11-12-7-6-10-14(16-12)17(2)13-8-4-3-5-9-13/h6-7,10,13,15H,3-5,8-9,11H2,1-2H3. The molecule has 0 saturated heterocycles. The van der Waals surface area contributed by atoms with Gasteiger partial charge in [0.2, 0.25) is 0 Å². The van der Waals surface area contributed by atoms with E-state index in [1.54, 1.807) is 0 Å². The van der Waals surface area contributed by atoms with Crippen LogP contribution in [-0.2, 0) is 6.54 Å². The summed E-state index contributed by atoms with van der Waals surface area (Å²) < 4.78 is 0. The zero-order valence-corrected chi connectivity index (χ0v) is 10.9. The Labute approximate surface area is 104 Å². The van der Waals surface area contributed by atoms with Crippen LogP contribution in [0.15, 0.2) is 18.2 Å². The molecule has 0 amide bonds. The lowest BCUT2D eigenvalue weighted by molar-refractivity contribution is 0.426. The van der Waals surface area contributed by atoms with Crippen molar-refractivity contribution < 1.29 is 0 Å². The van der Waals surface area contributed by atoms with Crippen molar-refractivity contribution in [3.63, 3.8) is 0 Å². The second-order valence-corrected chi connectivity index (χ2v) is 4.92. The largest absolute Gasteiger partial charge is 0.357 e. The van der Waals surface area contributed by atoms with Crippen LogP contribution in [0.2, 0.25) is 0 Å². The lowest BCUT2D eigenvalue weighted by atomic mass is 9.94. The second-order valence-electron chi connectivity index (χ2n) is 4.92. The maximum atomic E-state index is 4.70. The van der Waals surface area contributed by atoms with Crippen LogP contribution >= 0.6 is 0 Å². The summed E-state index contributed by atoms with van der Waals surface area (Å²) in [4.78, 5) is 7.06. The van der Waals surface area contributed by atoms with Crippen LogP contribution in [0.25, 0.3) is 0 Å². The Morgan fingerprint density at radius 2 is 2.06 bits per heavy atom. The highest BCUT2D eigenvalue weighted by atomic mass is 15.2. The van der Waals surface area contributed by atoms with E-state index in [1.807, 2.05) is 7.05 Å². The summed E-state index contributed by atoms with van der Waals surface area (Å²) in [7, 11) is 4.14. The van der Waals surface area contributed by atoms with Gasteiger partial charge in [-0.1, -0.05) is 25.3 Å². The number of anilines is 1. The maximum Gasteiger partial charge on any atom is 0.128 e. The molecule has 1 aromatic heterocycles. The molecule has 0 atom stereocenters. The minimum atomic E-state index is 0.682. The lowest BCUT2D eigenvalue weighted by Gasteiger charge is -2.32. The third-order valence-corrected chi connectivity index (χ3v) is 3.63. The second kappa shape index (κ2) is 6.01. The number of nitrogens with zero attached hydrogens (tertiary/aromatic N) is 2. The first kappa shape index (κ1) is 12.4. The summed E-state index contributed by atoms with van der Waals surface area (Å²) in [6, 6.07) is 6.98. The van der Waals surface area contributed by atoms with Crippen LogP contribution in [0, 0.1) is 0 Å². The fourth-order valence-corrected chi connectivity index (χ4v) is 2.60. The molecule has 0 aromatic carbocycles. The first-order valence-corrected chi connectivity index (χ1v) is 6.64. The third kappa shape index (κ3) is 3.19. The molecule has 1 aromatic rings. The fourth-order valence-electron chi connectivity index (χ4n) is 2.60. The van der Waals surface area contributed by atoms with Crippen molar-refractivity contribution in [3.05, 3.63) is 23.9 Å². The molecule has 94 valence electrons. The quantitative estimate of drug-likeness (QED) is 0.866. The van der Waals surface area contributed by atoms with E-state index in [2.05, 4.69) is 35.5 Å². The van der Waals surface area contributed by atoms with Gasteiger partial charge in [-0.15, -0.1) is 0 Å². The molecule has 3 nitrogen and oxygen atoms in total. The monoisotopic (exact) mass is 233 g/mol. The van der Waals surface area contributed by atoms with Gasteiger partial charge in [-0.2, -0.15) is 0 Å². The van der Waals surface area contributed by atoms with Crippen molar-refractivity contribution in [1.82, 2.24) is 10.3 Å². The minimum absolute atomic E-state index is 0.682. The van der Waals surface area contributed by atoms with Gasteiger partial charge in [-0.3, -0.25) is 0 Å². The molecule has 0 aliphatic heterocycles. The lowest BCUT2D eigenvalue weighted by Crippen LogP contribution is -2.34. The number of pyridine rings is 1. The van der Waals surface area contributed by atoms with E-state index in [9.17, 15) is 0 Å². The minimum Gasteiger partial charge on any atom is -0.357 e. The van der Waals surface area contributed by atoms with Gasteiger partial charge in [0.1, 0.15) is 5.82 Å². The molecule has 0 spiro atoms. The van der Waals surface area contributed by atoms with Crippen molar-refractivity contribution in [2.24, 2.45) is 0 Å². The summed E-state index contributed by atoms with van der Waals surface area (Å²) in [5.74, 6) is 1.12. The molecule has 1 aliphatic carbocycles. The summed E-state index contributed by atoms with van der Waals surface area (Å²) in [6.45, 7) is 0.840. The highest BCUT2D eigenvalue weighted by Crippen LogP contribution is 2.24. The molecule has 3 heteroatoms. The summed E-state index contributed by atoms with van der Waals surface area (Å²) in [5.41, 5.74) is 1.12. The van der Waals surface area contributed by atoms with E-state index in [0.717, 1.165) is 18.1 Å². The molecule has 2 rings (SSSR count). The van der Waals surface area contributed by atoms with Crippen LogP contribution in [-0.4, -0.2) is 25.1 Å². The molecule has 1 heterocycles. The molecule has 17 heavy (non-hydrogen) atoms. The Morgan fingerprint density at radius 3 is 2.76 bits per heavy atom. The van der Waals surface area contributed by atoms with Gasteiger partial charge >= 0.3 is 0 Å². The Morgan fingerprint density at radius 1 is 1.29 bits per heavy atom. The van der Waals surface area contributed by atoms with Crippen LogP contribution in [0.5, 0.6) is 0 Å². The molecule has 1 N–H and O–H groups in total. The highest BCUT2D eigenvalue weighted by molar-refractivity contribution is 5.39. The molecule has 1 fully saturated rings. The van der Waals surface area contributed by atoms with Gasteiger partial charge in [-0.05, 0) is 32.0 Å². The van der Waals surface area contributed by atoms with E-state index in [-0.39, 0.29) is 0 Å². The van der Waals surface area contributed by atoms with E-state index in [4.69, 9.17) is 4.98 Å². The molecule has 1 aliphatic rings. The maximum absolute atomic E-state index is 4.70. The summed E-state index contributed by atoms with van der Waals surface area (Å²) in [5, 5.41) is 3.15. The summed E-state index contributed by atoms with van der Waals surface area (Å²) >= 11 is 0. The van der Waals surface area contributed by atoms with Gasteiger partial charge in [0.15, 0.2) is 0 Å². The normalized spacial score (nSPS) is 17.1. The van der Waals surface area contributed by atoms with Crippen molar-refractivity contribution in [1.29, 1.82) is 0 Å². The Kier molecular flexibility index (Phi) is 4.37. The van der Waals surface area contributed by atoms with Gasteiger partial charge < -0.3 is 10.2 Å². The topological polar surface area (TPSA) is 28.2 Å². The molecular weight excluding hydrogens is 210 g/mol. The first-order chi connectivity index (χ1) is 8.31. The Bertz CT molecular complexity index is 345. The van der Waals surface area contributed by atoms with Crippen LogP contribution in [0.4, 0.5) is 5.82 Å². The third-order valence-electron chi connectivity index (χ3n) is 3.63. The molecule has 0 bridgehead atoms. The number of aromatic nitrogens is 1. The van der Waals surface area contributed by atoms with Crippen molar-refractivity contribution in [2.45, 2.75) is 44.7 Å². The highest BCUT2D eigenvalue weighted by Gasteiger charge is 2.18. The zero-order valence-electron chi connectivity index (χ0n) is 10.9. The smallest absolute Gasteiger partial charge is 0.128 e. The van der Waals surface area contributed by atoms with E-state index < -0.39 is 0 Å². The van der Waals surface area contributed by atoms with Gasteiger partial charge in [-0.25, -0.2) is 4.98 Å². The van der Waals surface area contributed by atoms with Crippen LogP contribution in [0.3, 0.4) is 0 Å². The van der Waals surface area contributed by atoms with Crippen LogP contribution < -0.4 is 10.2 Å². The fraction of sp³-hybridized carbons (Fsp3) is 0.643. The Hall–Kier alpha value is -1.09. The average molecular weight is 233 g/mol. The van der Waals surface area contributed by atoms with Crippen molar-refractivity contribution >= 4 is 5.82 Å². The number of nitrogens with one attached hydrogen (secondary N) is 1. The molecule has 0 radical (unpaired) electrons.